The van der Waals surface area contributed by atoms with Crippen molar-refractivity contribution in [2.24, 2.45) is 5.73 Å². The predicted octanol–water partition coefficient (Wildman–Crippen LogP) is -0.295. The van der Waals surface area contributed by atoms with Crippen LogP contribution in [0.4, 0.5) is 0 Å². The van der Waals surface area contributed by atoms with E-state index in [1.807, 2.05) is 6.92 Å². The molecule has 5 nitrogen and oxygen atoms in total. The van der Waals surface area contributed by atoms with E-state index in [-0.39, 0.29) is 18.9 Å². The first-order valence-electron chi connectivity index (χ1n) is 4.34. The molecule has 76 valence electrons. The lowest BCUT2D eigenvalue weighted by molar-refractivity contribution is -0.142. The molecule has 0 rings (SSSR count). The lowest BCUT2D eigenvalue weighted by Crippen LogP contribution is -2.41. The normalized spacial score (nSPS) is 12.2. The molecular weight excluding hydrogens is 172 g/mol. The second-order valence-electron chi connectivity index (χ2n) is 2.79. The molecule has 4 N–H and O–H groups in total. The predicted molar refractivity (Wildman–Crippen MR) is 48.1 cm³/mol. The lowest BCUT2D eigenvalue weighted by atomic mass is 10.1. The Bertz CT molecular complexity index is 182. The molecule has 0 fully saturated rings. The first-order valence-corrected chi connectivity index (χ1v) is 4.34. The number of nitrogens with one attached hydrogen (secondary N) is 1. The van der Waals surface area contributed by atoms with E-state index in [9.17, 15) is 9.59 Å². The maximum Gasteiger partial charge on any atom is 0.326 e. The summed E-state index contributed by atoms with van der Waals surface area (Å²) in [5.41, 5.74) is 5.15. The zero-order valence-corrected chi connectivity index (χ0v) is 7.75. The standard InChI is InChI=1S/C8H16N2O3/c1-2-3-6(8(12)13)10-7(11)4-5-9/h6H,2-5,9H2,1H3,(H,10,11)(H,12,13)/t6-/m1/s1. The molecule has 0 bridgehead atoms. The maximum absolute atomic E-state index is 11.0. The SMILES string of the molecule is CCC[C@@H](NC(=O)CCN)C(=O)O. The lowest BCUT2D eigenvalue weighted by Gasteiger charge is -2.12. The number of carboxylic acids is 1. The van der Waals surface area contributed by atoms with Crippen LogP contribution in [0.15, 0.2) is 0 Å². The van der Waals surface area contributed by atoms with E-state index >= 15 is 0 Å². The molecule has 0 aliphatic heterocycles. The summed E-state index contributed by atoms with van der Waals surface area (Å²) in [6, 6.07) is -0.774. The van der Waals surface area contributed by atoms with Crippen molar-refractivity contribution in [3.8, 4) is 0 Å². The average Bonchev–Trinajstić information content (AvgIpc) is 2.04. The second kappa shape index (κ2) is 6.42. The third-order valence-corrected chi connectivity index (χ3v) is 1.58. The van der Waals surface area contributed by atoms with Gasteiger partial charge in [-0.1, -0.05) is 13.3 Å². The number of carbonyl (C=O) groups excluding carboxylic acids is 1. The minimum Gasteiger partial charge on any atom is -0.480 e. The van der Waals surface area contributed by atoms with Gasteiger partial charge in [-0.15, -0.1) is 0 Å². The van der Waals surface area contributed by atoms with Gasteiger partial charge in [0.15, 0.2) is 0 Å². The smallest absolute Gasteiger partial charge is 0.326 e. The summed E-state index contributed by atoms with van der Waals surface area (Å²) in [6.45, 7) is 2.11. The molecule has 1 atom stereocenters. The second-order valence-corrected chi connectivity index (χ2v) is 2.79. The molecule has 0 saturated heterocycles. The third kappa shape index (κ3) is 5.19. The molecular formula is C8H16N2O3. The average molecular weight is 188 g/mol. The minimum absolute atomic E-state index is 0.174. The van der Waals surface area contributed by atoms with E-state index in [1.54, 1.807) is 0 Å². The molecule has 13 heavy (non-hydrogen) atoms. The van der Waals surface area contributed by atoms with E-state index in [0.29, 0.717) is 6.42 Å². The van der Waals surface area contributed by atoms with Crippen LogP contribution in [0.25, 0.3) is 0 Å². The first-order chi connectivity index (χ1) is 6.11. The Morgan fingerprint density at radius 3 is 2.54 bits per heavy atom. The van der Waals surface area contributed by atoms with Gasteiger partial charge in [0, 0.05) is 13.0 Å². The van der Waals surface area contributed by atoms with Gasteiger partial charge in [-0.25, -0.2) is 4.79 Å². The molecule has 0 aromatic carbocycles. The van der Waals surface area contributed by atoms with Crippen LogP contribution in [0, 0.1) is 0 Å². The van der Waals surface area contributed by atoms with Crippen LogP contribution < -0.4 is 11.1 Å². The number of hydrogen-bond donors (Lipinski definition) is 3. The molecule has 0 unspecified atom stereocenters. The quantitative estimate of drug-likeness (QED) is 0.533. The molecule has 0 heterocycles. The topological polar surface area (TPSA) is 92.4 Å². The summed E-state index contributed by atoms with van der Waals surface area (Å²) in [6.07, 6.45) is 1.35. The van der Waals surface area contributed by atoms with Crippen LogP contribution in [0.2, 0.25) is 0 Å². The molecule has 0 aliphatic rings. The Morgan fingerprint density at radius 2 is 2.15 bits per heavy atom. The summed E-state index contributed by atoms with van der Waals surface area (Å²) in [5.74, 6) is -1.30. The summed E-state index contributed by atoms with van der Waals surface area (Å²) < 4.78 is 0. The van der Waals surface area contributed by atoms with E-state index in [0.717, 1.165) is 6.42 Å². The van der Waals surface area contributed by atoms with Crippen molar-refractivity contribution in [3.05, 3.63) is 0 Å². The number of aliphatic carboxylic acids is 1. The fourth-order valence-corrected chi connectivity index (χ4v) is 0.944. The monoisotopic (exact) mass is 188 g/mol. The number of amides is 1. The number of nitrogens with two attached hydrogens (primary N) is 1. The van der Waals surface area contributed by atoms with Crippen molar-refractivity contribution < 1.29 is 14.7 Å². The number of carboxylic acid groups (broad SMARTS) is 1. The number of rotatable bonds is 6. The van der Waals surface area contributed by atoms with Crippen molar-refractivity contribution in [2.75, 3.05) is 6.54 Å². The molecule has 1 amide bonds. The van der Waals surface area contributed by atoms with Gasteiger partial charge in [0.1, 0.15) is 6.04 Å². The van der Waals surface area contributed by atoms with Gasteiger partial charge in [-0.05, 0) is 6.42 Å². The van der Waals surface area contributed by atoms with Crippen LogP contribution in [0.1, 0.15) is 26.2 Å². The van der Waals surface area contributed by atoms with Gasteiger partial charge in [0.05, 0.1) is 0 Å². The fraction of sp³-hybridized carbons (Fsp3) is 0.750. The zero-order chi connectivity index (χ0) is 10.3. The molecule has 0 aromatic heterocycles. The number of hydrogen-bond acceptors (Lipinski definition) is 3. The Morgan fingerprint density at radius 1 is 1.54 bits per heavy atom. The van der Waals surface area contributed by atoms with Gasteiger partial charge in [-0.3, -0.25) is 4.79 Å². The van der Waals surface area contributed by atoms with E-state index in [1.165, 1.54) is 0 Å². The van der Waals surface area contributed by atoms with Crippen molar-refractivity contribution >= 4 is 11.9 Å². The highest BCUT2D eigenvalue weighted by Crippen LogP contribution is 1.96. The van der Waals surface area contributed by atoms with Crippen LogP contribution in [0.5, 0.6) is 0 Å². The van der Waals surface area contributed by atoms with Crippen molar-refractivity contribution in [2.45, 2.75) is 32.2 Å². The highest BCUT2D eigenvalue weighted by Gasteiger charge is 2.17. The summed E-state index contributed by atoms with van der Waals surface area (Å²) in [5, 5.41) is 11.1. The third-order valence-electron chi connectivity index (χ3n) is 1.58. The van der Waals surface area contributed by atoms with Crippen molar-refractivity contribution in [1.29, 1.82) is 0 Å². The Labute approximate surface area is 77.3 Å². The fourth-order valence-electron chi connectivity index (χ4n) is 0.944. The van der Waals surface area contributed by atoms with Crippen molar-refractivity contribution in [3.63, 3.8) is 0 Å². The van der Waals surface area contributed by atoms with E-state index < -0.39 is 12.0 Å². The van der Waals surface area contributed by atoms with Crippen LogP contribution in [0.3, 0.4) is 0 Å². The summed E-state index contributed by atoms with van der Waals surface area (Å²) in [7, 11) is 0. The molecule has 5 heteroatoms. The largest absolute Gasteiger partial charge is 0.480 e. The summed E-state index contributed by atoms with van der Waals surface area (Å²) in [4.78, 5) is 21.6. The maximum atomic E-state index is 11.0. The van der Waals surface area contributed by atoms with Crippen molar-refractivity contribution in [1.82, 2.24) is 5.32 Å². The Hall–Kier alpha value is -1.10. The van der Waals surface area contributed by atoms with Gasteiger partial charge in [0.25, 0.3) is 0 Å². The highest BCUT2D eigenvalue weighted by atomic mass is 16.4. The van der Waals surface area contributed by atoms with Crippen LogP contribution in [-0.2, 0) is 9.59 Å². The van der Waals surface area contributed by atoms with Crippen LogP contribution in [-0.4, -0.2) is 29.6 Å². The molecule has 0 aromatic rings. The van der Waals surface area contributed by atoms with E-state index in [2.05, 4.69) is 5.32 Å². The number of carbonyl (C=O) groups is 2. The van der Waals surface area contributed by atoms with Gasteiger partial charge < -0.3 is 16.2 Å². The van der Waals surface area contributed by atoms with Gasteiger partial charge in [-0.2, -0.15) is 0 Å². The Balaban J connectivity index is 3.94. The Kier molecular flexibility index (Phi) is 5.88. The molecule has 0 aliphatic carbocycles. The first kappa shape index (κ1) is 11.9. The van der Waals surface area contributed by atoms with Gasteiger partial charge in [0.2, 0.25) is 5.91 Å². The zero-order valence-electron chi connectivity index (χ0n) is 7.75. The molecule has 0 spiro atoms. The highest BCUT2D eigenvalue weighted by molar-refractivity contribution is 5.83. The van der Waals surface area contributed by atoms with Gasteiger partial charge >= 0.3 is 5.97 Å². The summed E-state index contributed by atoms with van der Waals surface area (Å²) >= 11 is 0. The molecule has 0 radical (unpaired) electrons. The minimum atomic E-state index is -0.993. The molecule has 0 saturated carbocycles. The van der Waals surface area contributed by atoms with Crippen LogP contribution >= 0.6 is 0 Å². The van der Waals surface area contributed by atoms with E-state index in [4.69, 9.17) is 10.8 Å².